The molecule has 0 saturated carbocycles. The van der Waals surface area contributed by atoms with Gasteiger partial charge in [-0.25, -0.2) is 4.98 Å². The average molecular weight is 317 g/mol. The first-order chi connectivity index (χ1) is 7.94. The average Bonchev–Trinajstić information content (AvgIpc) is 2.28. The number of halogens is 2. The molecule has 0 radical (unpaired) electrons. The summed E-state index contributed by atoms with van der Waals surface area (Å²) in [6, 6.07) is 4.00. The van der Waals surface area contributed by atoms with E-state index in [0.717, 1.165) is 23.3 Å². The van der Waals surface area contributed by atoms with Gasteiger partial charge in [0.1, 0.15) is 4.60 Å². The van der Waals surface area contributed by atoms with E-state index in [9.17, 15) is 0 Å². The van der Waals surface area contributed by atoms with E-state index in [1.54, 1.807) is 6.20 Å². The summed E-state index contributed by atoms with van der Waals surface area (Å²) in [4.78, 5) is 4.11. The third kappa shape index (κ3) is 4.93. The molecule has 0 aliphatic carbocycles. The van der Waals surface area contributed by atoms with Gasteiger partial charge in [0.2, 0.25) is 0 Å². The standard InChI is InChI=1S/C12H15BrClN3/c1-12(2,4-3-5-15)8-17-10-6-9(14)7-16-11(10)13/h6-7,17H,3-4,8H2,1-2H3. The summed E-state index contributed by atoms with van der Waals surface area (Å²) in [6.45, 7) is 5.03. The number of aromatic nitrogens is 1. The Morgan fingerprint density at radius 1 is 1.59 bits per heavy atom. The molecule has 0 aromatic carbocycles. The van der Waals surface area contributed by atoms with Gasteiger partial charge < -0.3 is 5.32 Å². The van der Waals surface area contributed by atoms with Crippen molar-refractivity contribution in [3.05, 3.63) is 21.9 Å². The van der Waals surface area contributed by atoms with Crippen LogP contribution in [0, 0.1) is 16.7 Å². The van der Waals surface area contributed by atoms with Crippen molar-refractivity contribution in [3.63, 3.8) is 0 Å². The summed E-state index contributed by atoms with van der Waals surface area (Å²) in [7, 11) is 0. The molecule has 0 amide bonds. The SMILES string of the molecule is CC(C)(CCC#N)CNc1cc(Cl)cnc1Br. The molecule has 0 spiro atoms. The molecule has 1 rings (SSSR count). The van der Waals surface area contributed by atoms with Crippen LogP contribution in [0.2, 0.25) is 5.02 Å². The maximum atomic E-state index is 8.59. The molecule has 3 nitrogen and oxygen atoms in total. The lowest BCUT2D eigenvalue weighted by molar-refractivity contribution is 0.363. The van der Waals surface area contributed by atoms with Gasteiger partial charge in [0, 0.05) is 19.2 Å². The van der Waals surface area contributed by atoms with Crippen LogP contribution < -0.4 is 5.32 Å². The van der Waals surface area contributed by atoms with Gasteiger partial charge in [0.05, 0.1) is 16.8 Å². The Labute approximate surface area is 115 Å². The molecule has 0 atom stereocenters. The predicted molar refractivity (Wildman–Crippen MR) is 74.1 cm³/mol. The van der Waals surface area contributed by atoms with E-state index < -0.39 is 0 Å². The Bertz CT molecular complexity index is 426. The number of hydrogen-bond acceptors (Lipinski definition) is 3. The molecule has 1 aromatic heterocycles. The van der Waals surface area contributed by atoms with Crippen LogP contribution in [0.1, 0.15) is 26.7 Å². The van der Waals surface area contributed by atoms with Crippen molar-refractivity contribution in [1.29, 1.82) is 5.26 Å². The lowest BCUT2D eigenvalue weighted by Crippen LogP contribution is -2.23. The van der Waals surface area contributed by atoms with E-state index >= 15 is 0 Å². The van der Waals surface area contributed by atoms with Crippen molar-refractivity contribution in [3.8, 4) is 6.07 Å². The van der Waals surface area contributed by atoms with Crippen LogP contribution in [0.3, 0.4) is 0 Å². The molecule has 92 valence electrons. The smallest absolute Gasteiger partial charge is 0.129 e. The highest BCUT2D eigenvalue weighted by molar-refractivity contribution is 9.10. The fourth-order valence-corrected chi connectivity index (χ4v) is 1.88. The molecule has 0 bridgehead atoms. The summed E-state index contributed by atoms with van der Waals surface area (Å²) in [5.41, 5.74) is 0.944. The highest BCUT2D eigenvalue weighted by atomic mass is 79.9. The van der Waals surface area contributed by atoms with Crippen LogP contribution >= 0.6 is 27.5 Å². The van der Waals surface area contributed by atoms with Crippen LogP contribution in [0.5, 0.6) is 0 Å². The van der Waals surface area contributed by atoms with Crippen LogP contribution in [-0.2, 0) is 0 Å². The van der Waals surface area contributed by atoms with E-state index in [2.05, 4.69) is 46.1 Å². The molecule has 0 aliphatic heterocycles. The summed E-state index contributed by atoms with van der Waals surface area (Å²) < 4.78 is 0.748. The molecule has 1 N–H and O–H groups in total. The number of anilines is 1. The second-order valence-corrected chi connectivity index (χ2v) is 5.86. The Hall–Kier alpha value is -0.790. The first kappa shape index (κ1) is 14.3. The highest BCUT2D eigenvalue weighted by Crippen LogP contribution is 2.27. The van der Waals surface area contributed by atoms with Crippen molar-refractivity contribution in [2.75, 3.05) is 11.9 Å². The topological polar surface area (TPSA) is 48.7 Å². The first-order valence-corrected chi connectivity index (χ1v) is 6.53. The quantitative estimate of drug-likeness (QED) is 0.827. The van der Waals surface area contributed by atoms with Crippen molar-refractivity contribution in [2.24, 2.45) is 5.41 Å². The van der Waals surface area contributed by atoms with E-state index in [-0.39, 0.29) is 5.41 Å². The number of nitrogens with zero attached hydrogens (tertiary/aromatic N) is 2. The van der Waals surface area contributed by atoms with Gasteiger partial charge in [-0.3, -0.25) is 0 Å². The van der Waals surface area contributed by atoms with E-state index in [1.807, 2.05) is 6.07 Å². The third-order valence-electron chi connectivity index (χ3n) is 2.48. The molecule has 0 aliphatic rings. The minimum absolute atomic E-state index is 0.0670. The summed E-state index contributed by atoms with van der Waals surface area (Å²) in [5, 5.41) is 12.5. The molecule has 0 saturated heterocycles. The van der Waals surface area contributed by atoms with Gasteiger partial charge in [0.15, 0.2) is 0 Å². The lowest BCUT2D eigenvalue weighted by Gasteiger charge is -2.24. The van der Waals surface area contributed by atoms with Gasteiger partial charge in [-0.15, -0.1) is 0 Å². The largest absolute Gasteiger partial charge is 0.382 e. The molecule has 1 aromatic rings. The molecular weight excluding hydrogens is 302 g/mol. The number of nitriles is 1. The maximum Gasteiger partial charge on any atom is 0.129 e. The third-order valence-corrected chi connectivity index (χ3v) is 3.32. The second-order valence-electron chi connectivity index (χ2n) is 4.67. The lowest BCUT2D eigenvalue weighted by atomic mass is 9.88. The Kier molecular flexibility index (Phi) is 5.23. The Morgan fingerprint density at radius 3 is 2.94 bits per heavy atom. The van der Waals surface area contributed by atoms with E-state index in [4.69, 9.17) is 16.9 Å². The first-order valence-electron chi connectivity index (χ1n) is 5.36. The Balaban J connectivity index is 2.61. The van der Waals surface area contributed by atoms with Crippen LogP contribution in [0.15, 0.2) is 16.9 Å². The second kappa shape index (κ2) is 6.23. The number of nitrogens with one attached hydrogen (secondary N) is 1. The van der Waals surface area contributed by atoms with Gasteiger partial charge in [-0.05, 0) is 33.8 Å². The van der Waals surface area contributed by atoms with Gasteiger partial charge >= 0.3 is 0 Å². The number of pyridine rings is 1. The predicted octanol–water partition coefficient (Wildman–Crippen LogP) is 4.24. The van der Waals surface area contributed by atoms with Gasteiger partial charge in [-0.1, -0.05) is 25.4 Å². The molecule has 0 fully saturated rings. The zero-order chi connectivity index (χ0) is 12.9. The molecule has 1 heterocycles. The minimum atomic E-state index is 0.0670. The van der Waals surface area contributed by atoms with Gasteiger partial charge in [0.25, 0.3) is 0 Å². The van der Waals surface area contributed by atoms with Crippen LogP contribution in [0.4, 0.5) is 5.69 Å². The van der Waals surface area contributed by atoms with E-state index in [0.29, 0.717) is 11.4 Å². The number of rotatable bonds is 5. The fourth-order valence-electron chi connectivity index (χ4n) is 1.36. The zero-order valence-corrected chi connectivity index (χ0v) is 12.3. The van der Waals surface area contributed by atoms with E-state index in [1.165, 1.54) is 0 Å². The molecule has 17 heavy (non-hydrogen) atoms. The van der Waals surface area contributed by atoms with Crippen molar-refractivity contribution < 1.29 is 0 Å². The number of hydrogen-bond donors (Lipinski definition) is 1. The Morgan fingerprint density at radius 2 is 2.29 bits per heavy atom. The summed E-state index contributed by atoms with van der Waals surface area (Å²) in [6.07, 6.45) is 3.03. The van der Waals surface area contributed by atoms with Crippen LogP contribution in [0.25, 0.3) is 0 Å². The highest BCUT2D eigenvalue weighted by Gasteiger charge is 2.17. The fraction of sp³-hybridized carbons (Fsp3) is 0.500. The van der Waals surface area contributed by atoms with Crippen LogP contribution in [-0.4, -0.2) is 11.5 Å². The van der Waals surface area contributed by atoms with Crippen molar-refractivity contribution in [2.45, 2.75) is 26.7 Å². The molecular formula is C12H15BrClN3. The van der Waals surface area contributed by atoms with Gasteiger partial charge in [-0.2, -0.15) is 5.26 Å². The molecule has 5 heteroatoms. The monoisotopic (exact) mass is 315 g/mol. The zero-order valence-electron chi connectivity index (χ0n) is 9.93. The minimum Gasteiger partial charge on any atom is -0.382 e. The molecule has 0 unspecified atom stereocenters. The maximum absolute atomic E-state index is 8.59. The summed E-state index contributed by atoms with van der Waals surface area (Å²) >= 11 is 9.25. The van der Waals surface area contributed by atoms with Crippen molar-refractivity contribution >= 4 is 33.2 Å². The van der Waals surface area contributed by atoms with Crippen molar-refractivity contribution in [1.82, 2.24) is 4.98 Å². The normalized spacial score (nSPS) is 11.0. The summed E-state index contributed by atoms with van der Waals surface area (Å²) in [5.74, 6) is 0.